The number of nitrogens with one attached hydrogen (secondary N) is 1. The second-order valence-electron chi connectivity index (χ2n) is 9.22. The number of anilines is 1. The molecule has 3 heterocycles. The lowest BCUT2D eigenvalue weighted by molar-refractivity contribution is -0.139. The van der Waals surface area contributed by atoms with Gasteiger partial charge in [-0.3, -0.25) is 14.2 Å². The van der Waals surface area contributed by atoms with E-state index in [0.29, 0.717) is 50.8 Å². The van der Waals surface area contributed by atoms with Crippen LogP contribution in [0, 0.1) is 6.92 Å². The summed E-state index contributed by atoms with van der Waals surface area (Å²) in [6, 6.07) is 9.95. The van der Waals surface area contributed by atoms with Crippen molar-refractivity contribution in [2.24, 2.45) is 4.99 Å². The first-order valence-electron chi connectivity index (χ1n) is 12.7. The number of methoxy groups -OCH3 is 2. The Bertz CT molecular complexity index is 1720. The van der Waals surface area contributed by atoms with E-state index in [0.717, 1.165) is 23.3 Å². The summed E-state index contributed by atoms with van der Waals surface area (Å²) in [4.78, 5) is 46.0. The molecule has 0 radical (unpaired) electrons. The summed E-state index contributed by atoms with van der Waals surface area (Å²) in [6.45, 7) is 5.81. The minimum atomic E-state index is -0.900. The van der Waals surface area contributed by atoms with Gasteiger partial charge in [0, 0.05) is 16.8 Å². The highest BCUT2D eigenvalue weighted by Crippen LogP contribution is 2.39. The van der Waals surface area contributed by atoms with Crippen LogP contribution in [0.3, 0.4) is 0 Å². The smallest absolute Gasteiger partial charge is 0.338 e. The van der Waals surface area contributed by atoms with Gasteiger partial charge in [0.05, 0.1) is 37.7 Å². The number of aryl methyl sites for hydroxylation is 1. The van der Waals surface area contributed by atoms with Gasteiger partial charge >= 0.3 is 5.97 Å². The molecule has 1 aromatic heterocycles. The highest BCUT2D eigenvalue weighted by atomic mass is 32.1. The Hall–Kier alpha value is -4.18. The van der Waals surface area contributed by atoms with Crippen LogP contribution in [0.25, 0.3) is 5.57 Å². The molecular weight excluding hydrogens is 518 g/mol. The fraction of sp³-hybridized carbons (Fsp3) is 0.310. The fourth-order valence-electron chi connectivity index (χ4n) is 5.03. The van der Waals surface area contributed by atoms with Crippen molar-refractivity contribution >= 4 is 34.5 Å². The maximum atomic E-state index is 14.2. The van der Waals surface area contributed by atoms with Crippen molar-refractivity contribution in [3.63, 3.8) is 0 Å². The van der Waals surface area contributed by atoms with Gasteiger partial charge in [0.15, 0.2) is 4.80 Å². The number of allylic oxidation sites excluding steroid dienone is 1. The largest absolute Gasteiger partial charge is 0.497 e. The van der Waals surface area contributed by atoms with E-state index in [9.17, 15) is 14.4 Å². The molecule has 0 aliphatic carbocycles. The SMILES string of the molecule is CCCC1=C(C(=O)OCC)[C@H](c2cc(OC)ccc2OC)n2c(s/c(=C3/C(=O)Nc4ccc(C)cc43)c2=O)=N1. The molecule has 2 aliphatic heterocycles. The Morgan fingerprint density at radius 1 is 1.10 bits per heavy atom. The molecule has 0 saturated carbocycles. The number of fused-ring (bicyclic) bond motifs is 2. The average Bonchev–Trinajstić information content (AvgIpc) is 3.42. The van der Waals surface area contributed by atoms with E-state index >= 15 is 0 Å². The van der Waals surface area contributed by atoms with Crippen LogP contribution in [-0.4, -0.2) is 37.3 Å². The Morgan fingerprint density at radius 3 is 2.59 bits per heavy atom. The summed E-state index contributed by atoms with van der Waals surface area (Å²) >= 11 is 1.14. The molecule has 1 N–H and O–H groups in total. The topological polar surface area (TPSA) is 108 Å². The van der Waals surface area contributed by atoms with E-state index in [4.69, 9.17) is 19.2 Å². The molecule has 1 atom stereocenters. The van der Waals surface area contributed by atoms with Crippen molar-refractivity contribution in [2.75, 3.05) is 26.1 Å². The van der Waals surface area contributed by atoms with Gasteiger partial charge in [0.25, 0.3) is 11.5 Å². The number of ether oxygens (including phenoxy) is 3. The fourth-order valence-corrected chi connectivity index (χ4v) is 6.14. The van der Waals surface area contributed by atoms with Gasteiger partial charge in [-0.25, -0.2) is 9.79 Å². The summed E-state index contributed by atoms with van der Waals surface area (Å²) in [5.74, 6) is 0.0950. The van der Waals surface area contributed by atoms with E-state index in [-0.39, 0.29) is 22.6 Å². The number of thiazole rings is 1. The number of rotatable bonds is 7. The van der Waals surface area contributed by atoms with Crippen molar-refractivity contribution in [1.82, 2.24) is 4.57 Å². The predicted octanol–water partition coefficient (Wildman–Crippen LogP) is 3.23. The molecule has 3 aromatic rings. The number of hydrogen-bond donors (Lipinski definition) is 1. The van der Waals surface area contributed by atoms with Crippen LogP contribution in [-0.2, 0) is 14.3 Å². The third-order valence-corrected chi connectivity index (χ3v) is 7.80. The number of carbonyl (C=O) groups excluding carboxylic acids is 2. The van der Waals surface area contributed by atoms with Crippen molar-refractivity contribution in [1.29, 1.82) is 0 Å². The number of aromatic nitrogens is 1. The van der Waals surface area contributed by atoms with Crippen LogP contribution in [0.4, 0.5) is 5.69 Å². The summed E-state index contributed by atoms with van der Waals surface area (Å²) in [5, 5.41) is 2.86. The molecule has 2 aliphatic rings. The van der Waals surface area contributed by atoms with Crippen LogP contribution < -0.4 is 29.7 Å². The summed E-state index contributed by atoms with van der Waals surface area (Å²) in [6.07, 6.45) is 1.22. The number of nitrogens with zero attached hydrogens (tertiary/aromatic N) is 2. The number of amides is 1. The molecule has 5 rings (SSSR count). The highest BCUT2D eigenvalue weighted by Gasteiger charge is 2.37. The zero-order valence-electron chi connectivity index (χ0n) is 22.4. The molecular formula is C29H29N3O6S. The predicted molar refractivity (Wildman–Crippen MR) is 148 cm³/mol. The zero-order valence-corrected chi connectivity index (χ0v) is 23.2. The van der Waals surface area contributed by atoms with E-state index in [1.165, 1.54) is 11.7 Å². The van der Waals surface area contributed by atoms with E-state index in [1.54, 1.807) is 32.2 Å². The third kappa shape index (κ3) is 4.44. The van der Waals surface area contributed by atoms with Crippen LogP contribution in [0.15, 0.2) is 57.5 Å². The van der Waals surface area contributed by atoms with Crippen LogP contribution in [0.2, 0.25) is 0 Å². The second kappa shape index (κ2) is 10.5. The molecule has 10 heteroatoms. The van der Waals surface area contributed by atoms with Crippen molar-refractivity contribution in [2.45, 2.75) is 39.7 Å². The quantitative estimate of drug-likeness (QED) is 0.455. The van der Waals surface area contributed by atoms with E-state index in [1.807, 2.05) is 32.0 Å². The molecule has 0 unspecified atom stereocenters. The average molecular weight is 548 g/mol. The molecule has 0 bridgehead atoms. The molecule has 39 heavy (non-hydrogen) atoms. The maximum absolute atomic E-state index is 14.2. The highest BCUT2D eigenvalue weighted by molar-refractivity contribution is 7.07. The van der Waals surface area contributed by atoms with Gasteiger partial charge in [-0.15, -0.1) is 0 Å². The van der Waals surface area contributed by atoms with E-state index in [2.05, 4.69) is 5.32 Å². The summed E-state index contributed by atoms with van der Waals surface area (Å²) < 4.78 is 18.3. The van der Waals surface area contributed by atoms with Crippen LogP contribution >= 0.6 is 11.3 Å². The molecule has 0 saturated heterocycles. The molecule has 0 spiro atoms. The van der Waals surface area contributed by atoms with Gasteiger partial charge in [-0.05, 0) is 50.6 Å². The normalized spacial score (nSPS) is 17.3. The standard InChI is InChI=1S/C29H29N3O6S/c1-6-8-20-23(28(35)38-7-2)24(18-14-16(36-4)10-12-21(18)37-5)32-27(34)25(39-29(32)31-20)22-17-13-15(3)9-11-19(17)30-26(22)33/h9-14,24H,6-8H2,1-5H3,(H,30,33)/b25-22+/t24-/m0/s1. The molecule has 202 valence electrons. The summed E-state index contributed by atoms with van der Waals surface area (Å²) in [7, 11) is 3.07. The van der Waals surface area contributed by atoms with Gasteiger partial charge < -0.3 is 19.5 Å². The number of carbonyl (C=O) groups is 2. The number of hydrogen-bond acceptors (Lipinski definition) is 8. The number of benzene rings is 2. The second-order valence-corrected chi connectivity index (χ2v) is 10.2. The molecule has 0 fully saturated rings. The Morgan fingerprint density at radius 2 is 1.90 bits per heavy atom. The van der Waals surface area contributed by atoms with Gasteiger partial charge in [-0.2, -0.15) is 0 Å². The molecule has 2 aromatic carbocycles. The molecule has 1 amide bonds. The van der Waals surface area contributed by atoms with Crippen LogP contribution in [0.5, 0.6) is 11.5 Å². The maximum Gasteiger partial charge on any atom is 0.338 e. The molecule has 9 nitrogen and oxygen atoms in total. The lowest BCUT2D eigenvalue weighted by Crippen LogP contribution is -2.41. The minimum absolute atomic E-state index is 0.161. The first-order chi connectivity index (χ1) is 18.8. The van der Waals surface area contributed by atoms with Crippen molar-refractivity contribution < 1.29 is 23.8 Å². The number of esters is 1. The first-order valence-corrected chi connectivity index (χ1v) is 13.5. The first kappa shape index (κ1) is 26.4. The summed E-state index contributed by atoms with van der Waals surface area (Å²) in [5.41, 5.74) is 3.50. The van der Waals surface area contributed by atoms with Crippen molar-refractivity contribution in [3.8, 4) is 11.5 Å². The van der Waals surface area contributed by atoms with Crippen LogP contribution in [0.1, 0.15) is 49.4 Å². The van der Waals surface area contributed by atoms with Gasteiger partial charge in [0.1, 0.15) is 22.1 Å². The lowest BCUT2D eigenvalue weighted by Gasteiger charge is -2.27. The van der Waals surface area contributed by atoms with Crippen molar-refractivity contribution in [3.05, 3.63) is 84.0 Å². The Kier molecular flexibility index (Phi) is 7.14. The van der Waals surface area contributed by atoms with Gasteiger partial charge in [-0.1, -0.05) is 36.3 Å². The third-order valence-electron chi connectivity index (χ3n) is 6.75. The Labute approximate surface area is 229 Å². The minimum Gasteiger partial charge on any atom is -0.497 e. The van der Waals surface area contributed by atoms with E-state index < -0.39 is 17.6 Å². The lowest BCUT2D eigenvalue weighted by atomic mass is 9.93. The monoisotopic (exact) mass is 547 g/mol. The van der Waals surface area contributed by atoms with Gasteiger partial charge in [0.2, 0.25) is 0 Å². The Balaban J connectivity index is 1.89. The zero-order chi connectivity index (χ0) is 27.8.